The number of carbonyl (C=O) groups excluding carboxylic acids is 9. The van der Waals surface area contributed by atoms with E-state index in [1.54, 1.807) is 74.6 Å². The number of aromatic amines is 1. The lowest BCUT2D eigenvalue weighted by Gasteiger charge is -2.28. The van der Waals surface area contributed by atoms with Crippen LogP contribution in [0, 0.1) is 5.92 Å². The van der Waals surface area contributed by atoms with Gasteiger partial charge in [-0.25, -0.2) is 0 Å². The molecule has 406 valence electrons. The molecule has 8 atom stereocenters. The Morgan fingerprint density at radius 3 is 1.61 bits per heavy atom. The minimum absolute atomic E-state index is 0.0759. The van der Waals surface area contributed by atoms with Gasteiger partial charge in [0.1, 0.15) is 48.0 Å². The van der Waals surface area contributed by atoms with Crippen LogP contribution < -0.4 is 47.9 Å². The molecule has 0 saturated carbocycles. The number of carboxylic acids is 2. The van der Waals surface area contributed by atoms with E-state index in [9.17, 15) is 68.1 Å². The molecule has 1 aromatic heterocycles. The monoisotopic (exact) mass is 1050 g/mol. The summed E-state index contributed by atoms with van der Waals surface area (Å²) in [7, 11) is 0. The Labute approximate surface area is 436 Å². The number of aromatic hydroxyl groups is 1. The van der Waals surface area contributed by atoms with Crippen LogP contribution in [0.25, 0.3) is 10.9 Å². The van der Waals surface area contributed by atoms with Gasteiger partial charge in [-0.2, -0.15) is 0 Å². The molecule has 9 amide bonds. The van der Waals surface area contributed by atoms with Crippen molar-refractivity contribution in [1.29, 1.82) is 0 Å². The molecular formula is C52H64N10O14. The largest absolute Gasteiger partial charge is 0.508 e. The Morgan fingerprint density at radius 2 is 1.01 bits per heavy atom. The van der Waals surface area contributed by atoms with E-state index in [0.29, 0.717) is 34.0 Å². The van der Waals surface area contributed by atoms with E-state index in [2.05, 4.69) is 52.8 Å². The molecule has 1 fully saturated rings. The second-order valence-electron chi connectivity index (χ2n) is 18.5. The predicted octanol–water partition coefficient (Wildman–Crippen LogP) is -0.663. The summed E-state index contributed by atoms with van der Waals surface area (Å²) in [4.78, 5) is 152. The smallest absolute Gasteiger partial charge is 0.303 e. The molecule has 24 nitrogen and oxygen atoms in total. The lowest BCUT2D eigenvalue weighted by atomic mass is 9.96. The van der Waals surface area contributed by atoms with E-state index < -0.39 is 152 Å². The van der Waals surface area contributed by atoms with Gasteiger partial charge in [0.15, 0.2) is 0 Å². The summed E-state index contributed by atoms with van der Waals surface area (Å²) in [5, 5.41) is 52.2. The summed E-state index contributed by atoms with van der Waals surface area (Å²) in [6.45, 7) is 3.15. The maximum absolute atomic E-state index is 14.5. The molecule has 1 aliphatic heterocycles. The molecular weight excluding hydrogens is 989 g/mol. The van der Waals surface area contributed by atoms with Gasteiger partial charge in [0.2, 0.25) is 53.2 Å². The summed E-state index contributed by atoms with van der Waals surface area (Å²) < 4.78 is 0. The van der Waals surface area contributed by atoms with Crippen LogP contribution in [0.5, 0.6) is 5.75 Å². The SMILES string of the molecule is CC[C@H](C)[C@@H]1NC(=O)[C@H](Cc2ccccc2)NC(=O)CNC(=O)[C@H](Cc2ccc(O)cc2)NC(=O)[C@@H](C)NC(=O)[C@H](CCC(=O)O)NC(=O)[C@H](CCC(=O)O)NC(=O)CNC(=O)[C@H](Cc2c[nH]c3ccccc23)NC1=O. The predicted molar refractivity (Wildman–Crippen MR) is 272 cm³/mol. The molecule has 5 rings (SSSR count). The van der Waals surface area contributed by atoms with Crippen LogP contribution in [0.2, 0.25) is 0 Å². The third-order valence-corrected chi connectivity index (χ3v) is 12.6. The van der Waals surface area contributed by atoms with Crippen LogP contribution >= 0.6 is 0 Å². The number of rotatable bonds is 14. The molecule has 2 heterocycles. The highest BCUT2D eigenvalue weighted by molar-refractivity contribution is 5.99. The zero-order valence-electron chi connectivity index (χ0n) is 42.1. The zero-order chi connectivity index (χ0) is 55.5. The summed E-state index contributed by atoms with van der Waals surface area (Å²) in [5.74, 6) is -11.8. The van der Waals surface area contributed by atoms with Crippen LogP contribution in [0.1, 0.15) is 69.6 Å². The molecule has 0 aliphatic carbocycles. The lowest BCUT2D eigenvalue weighted by molar-refractivity contribution is -0.140. The molecule has 0 unspecified atom stereocenters. The third-order valence-electron chi connectivity index (χ3n) is 12.6. The number of H-pyrrole nitrogens is 1. The standard InChI is InChI=1S/C52H64N10O14/c1-4-28(2)45-52(76)61-40(24-32-25-53-35-13-9-8-12-34(32)35)48(72)55-26-41(64)57-36(18-20-43(66)67)50(74)59-37(19-21-44(68)69)49(73)56-29(3)46(70)60-38(23-31-14-16-33(63)17-15-31)47(71)54-27-42(65)58-39(51(75)62-45)22-30-10-6-5-7-11-30/h5-17,25,28-29,36-40,45,53,63H,4,18-24,26-27H2,1-3H3,(H,54,71)(H,55,72)(H,56,73)(H,57,64)(H,58,65)(H,59,74)(H,60,70)(H,61,76)(H,62,75)(H,66,67)(H,68,69)/t28-,29+,36-,37-,38-,39-,40-,45-/m0/s1. The number of hydrogen-bond donors (Lipinski definition) is 13. The van der Waals surface area contributed by atoms with Gasteiger partial charge < -0.3 is 68.2 Å². The molecule has 3 aromatic carbocycles. The number of nitrogens with one attached hydrogen (secondary N) is 10. The summed E-state index contributed by atoms with van der Waals surface area (Å²) in [6.07, 6.45) is -0.852. The quantitative estimate of drug-likeness (QED) is 0.0746. The number of fused-ring (bicyclic) bond motifs is 1. The number of phenols is 1. The Kier molecular flexibility index (Phi) is 21.4. The maximum atomic E-state index is 14.5. The highest BCUT2D eigenvalue weighted by Crippen LogP contribution is 2.20. The molecule has 0 radical (unpaired) electrons. The van der Waals surface area contributed by atoms with Crippen molar-refractivity contribution in [2.45, 2.75) is 114 Å². The third kappa shape index (κ3) is 17.7. The number of hydrogen-bond acceptors (Lipinski definition) is 12. The molecule has 1 aliphatic rings. The van der Waals surface area contributed by atoms with Crippen LogP contribution in [0.15, 0.2) is 85.1 Å². The first-order chi connectivity index (χ1) is 36.2. The van der Waals surface area contributed by atoms with Gasteiger partial charge in [0.05, 0.1) is 13.1 Å². The van der Waals surface area contributed by atoms with E-state index in [1.165, 1.54) is 31.2 Å². The zero-order valence-corrected chi connectivity index (χ0v) is 42.1. The first kappa shape index (κ1) is 58.1. The lowest BCUT2D eigenvalue weighted by Crippen LogP contribution is -2.60. The Hall–Kier alpha value is -8.83. The van der Waals surface area contributed by atoms with Gasteiger partial charge in [-0.1, -0.05) is 80.9 Å². The van der Waals surface area contributed by atoms with E-state index in [4.69, 9.17) is 0 Å². The molecule has 1 saturated heterocycles. The average Bonchev–Trinajstić information content (AvgIpc) is 3.80. The first-order valence-corrected chi connectivity index (χ1v) is 24.7. The molecule has 24 heteroatoms. The van der Waals surface area contributed by atoms with Gasteiger partial charge >= 0.3 is 11.9 Å². The summed E-state index contributed by atoms with van der Waals surface area (Å²) in [5.41, 5.74) is 2.36. The normalized spacial score (nSPS) is 22.7. The topological polar surface area (TPSA) is 373 Å². The molecule has 0 spiro atoms. The maximum Gasteiger partial charge on any atom is 0.303 e. The van der Waals surface area contributed by atoms with E-state index in [1.807, 2.05) is 0 Å². The Balaban J connectivity index is 1.53. The van der Waals surface area contributed by atoms with Crippen molar-refractivity contribution in [2.75, 3.05) is 13.1 Å². The number of phenolic OH excluding ortho intramolecular Hbond substituents is 1. The van der Waals surface area contributed by atoms with Crippen LogP contribution in [0.4, 0.5) is 0 Å². The van der Waals surface area contributed by atoms with E-state index in [0.717, 1.165) is 0 Å². The fraction of sp³-hybridized carbons (Fsp3) is 0.404. The first-order valence-electron chi connectivity index (χ1n) is 24.7. The van der Waals surface area contributed by atoms with Crippen LogP contribution in [0.3, 0.4) is 0 Å². The second-order valence-corrected chi connectivity index (χ2v) is 18.5. The number of aliphatic carboxylic acids is 2. The Morgan fingerprint density at radius 1 is 0.539 bits per heavy atom. The average molecular weight is 1050 g/mol. The molecule has 4 aromatic rings. The van der Waals surface area contributed by atoms with E-state index in [-0.39, 0.29) is 25.0 Å². The highest BCUT2D eigenvalue weighted by Gasteiger charge is 2.35. The second kappa shape index (κ2) is 28.0. The van der Waals surface area contributed by atoms with Crippen molar-refractivity contribution in [1.82, 2.24) is 52.8 Å². The van der Waals surface area contributed by atoms with Gasteiger partial charge in [-0.15, -0.1) is 0 Å². The number of para-hydroxylation sites is 1. The van der Waals surface area contributed by atoms with Gasteiger partial charge in [-0.3, -0.25) is 52.7 Å². The van der Waals surface area contributed by atoms with Crippen molar-refractivity contribution < 1.29 is 68.1 Å². The van der Waals surface area contributed by atoms with Crippen LogP contribution in [-0.4, -0.2) is 141 Å². The number of aromatic nitrogens is 1. The van der Waals surface area contributed by atoms with Crippen molar-refractivity contribution in [3.8, 4) is 5.75 Å². The van der Waals surface area contributed by atoms with Gasteiger partial charge in [0.25, 0.3) is 0 Å². The minimum Gasteiger partial charge on any atom is -0.508 e. The van der Waals surface area contributed by atoms with Crippen molar-refractivity contribution in [3.63, 3.8) is 0 Å². The van der Waals surface area contributed by atoms with Crippen molar-refractivity contribution in [3.05, 3.63) is 102 Å². The highest BCUT2D eigenvalue weighted by atomic mass is 16.4. The minimum atomic E-state index is -1.68. The van der Waals surface area contributed by atoms with Crippen LogP contribution in [-0.2, 0) is 72.0 Å². The summed E-state index contributed by atoms with van der Waals surface area (Å²) >= 11 is 0. The van der Waals surface area contributed by atoms with Crippen molar-refractivity contribution >= 4 is 76.0 Å². The Bertz CT molecular complexity index is 2750. The summed E-state index contributed by atoms with van der Waals surface area (Å²) in [6, 6.07) is 11.1. The molecule has 0 bridgehead atoms. The fourth-order valence-corrected chi connectivity index (χ4v) is 8.18. The number of carboxylic acid groups (broad SMARTS) is 2. The van der Waals surface area contributed by atoms with Gasteiger partial charge in [0, 0.05) is 49.2 Å². The fourth-order valence-electron chi connectivity index (χ4n) is 8.18. The van der Waals surface area contributed by atoms with Gasteiger partial charge in [-0.05, 0) is 60.6 Å². The number of carbonyl (C=O) groups is 11. The van der Waals surface area contributed by atoms with E-state index >= 15 is 0 Å². The number of benzene rings is 3. The molecule has 76 heavy (non-hydrogen) atoms. The number of amides is 9. The van der Waals surface area contributed by atoms with Crippen molar-refractivity contribution in [2.24, 2.45) is 5.92 Å². The molecule has 13 N–H and O–H groups in total.